The molecule has 0 radical (unpaired) electrons. The molecule has 0 saturated heterocycles. The second kappa shape index (κ2) is 8.50. The summed E-state index contributed by atoms with van der Waals surface area (Å²) in [6, 6.07) is 9.26. The van der Waals surface area contributed by atoms with Crippen LogP contribution in [0.4, 0.5) is 28.8 Å². The number of thiophene rings is 1. The number of amides is 2. The Morgan fingerprint density at radius 2 is 1.80 bits per heavy atom. The van der Waals surface area contributed by atoms with Crippen molar-refractivity contribution in [2.24, 2.45) is 5.92 Å². The molecule has 0 bridgehead atoms. The number of benzene rings is 1. The molecule has 154 valence electrons. The quantitative estimate of drug-likeness (QED) is 0.458. The lowest BCUT2D eigenvalue weighted by atomic mass is 10.2. The molecule has 1 fully saturated rings. The number of rotatable bonds is 7. The monoisotopic (exact) mass is 422 g/mol. The Bertz CT molecular complexity index is 1080. The van der Waals surface area contributed by atoms with Crippen LogP contribution < -0.4 is 21.3 Å². The van der Waals surface area contributed by atoms with Crippen LogP contribution in [0.3, 0.4) is 0 Å². The molecule has 4 N–H and O–H groups in total. The number of carbonyl (C=O) groups excluding carboxylic acids is 2. The Kier molecular flexibility index (Phi) is 5.62. The van der Waals surface area contributed by atoms with Crippen molar-refractivity contribution in [2.45, 2.75) is 19.8 Å². The van der Waals surface area contributed by atoms with Crippen LogP contribution in [-0.4, -0.2) is 28.8 Å². The van der Waals surface area contributed by atoms with Gasteiger partial charge in [-0.2, -0.15) is 4.98 Å². The summed E-state index contributed by atoms with van der Waals surface area (Å²) < 4.78 is 0. The van der Waals surface area contributed by atoms with Crippen LogP contribution in [0, 0.1) is 12.8 Å². The smallest absolute Gasteiger partial charge is 0.263 e. The van der Waals surface area contributed by atoms with Gasteiger partial charge in [-0.3, -0.25) is 9.59 Å². The van der Waals surface area contributed by atoms with Gasteiger partial charge in [-0.05, 0) is 55.5 Å². The molecule has 3 aromatic rings. The minimum atomic E-state index is -0.147. The fourth-order valence-corrected chi connectivity index (χ4v) is 3.60. The number of hydrogen-bond acceptors (Lipinski definition) is 7. The average molecular weight is 423 g/mol. The largest absolute Gasteiger partial charge is 0.354 e. The van der Waals surface area contributed by atoms with E-state index in [4.69, 9.17) is 0 Å². The molecule has 0 aliphatic heterocycles. The summed E-state index contributed by atoms with van der Waals surface area (Å²) in [6.07, 6.45) is 3.67. The maximum absolute atomic E-state index is 12.0. The third-order valence-electron chi connectivity index (χ3n) is 4.68. The van der Waals surface area contributed by atoms with Gasteiger partial charge in [-0.15, -0.1) is 11.3 Å². The molecule has 30 heavy (non-hydrogen) atoms. The topological polar surface area (TPSA) is 108 Å². The van der Waals surface area contributed by atoms with Crippen molar-refractivity contribution >= 4 is 52.0 Å². The third-order valence-corrected chi connectivity index (χ3v) is 5.59. The molecular weight excluding hydrogens is 400 g/mol. The first-order chi connectivity index (χ1) is 14.5. The molecule has 0 unspecified atom stereocenters. The summed E-state index contributed by atoms with van der Waals surface area (Å²) >= 11 is 1.36. The van der Waals surface area contributed by atoms with E-state index < -0.39 is 0 Å². The van der Waals surface area contributed by atoms with E-state index in [9.17, 15) is 9.59 Å². The van der Waals surface area contributed by atoms with Gasteiger partial charge in [-0.25, -0.2) is 4.98 Å². The van der Waals surface area contributed by atoms with Gasteiger partial charge >= 0.3 is 0 Å². The molecule has 8 nitrogen and oxygen atoms in total. The van der Waals surface area contributed by atoms with Crippen molar-refractivity contribution in [3.8, 4) is 0 Å². The highest BCUT2D eigenvalue weighted by atomic mass is 32.1. The summed E-state index contributed by atoms with van der Waals surface area (Å²) in [6.45, 7) is 1.90. The molecule has 2 aromatic heterocycles. The first kappa shape index (κ1) is 19.8. The Morgan fingerprint density at radius 1 is 1.07 bits per heavy atom. The molecule has 1 aromatic carbocycles. The van der Waals surface area contributed by atoms with E-state index in [2.05, 4.69) is 31.2 Å². The van der Waals surface area contributed by atoms with E-state index in [1.54, 1.807) is 13.2 Å². The van der Waals surface area contributed by atoms with Crippen LogP contribution in [0.2, 0.25) is 0 Å². The Balaban J connectivity index is 1.46. The van der Waals surface area contributed by atoms with E-state index >= 15 is 0 Å². The lowest BCUT2D eigenvalue weighted by Crippen LogP contribution is -2.17. The van der Waals surface area contributed by atoms with Crippen LogP contribution >= 0.6 is 11.3 Å². The minimum absolute atomic E-state index is 0.0813. The predicted molar refractivity (Wildman–Crippen MR) is 119 cm³/mol. The number of hydrogen-bond donors (Lipinski definition) is 4. The number of carbonyl (C=O) groups is 2. The molecule has 4 rings (SSSR count). The standard InChI is InChI=1S/C21H22N6O2S/c1-12-11-23-21(27-18(12)26-16-9-10-30-17(16)20(29)22-2)25-15-7-5-14(6-8-15)24-19(28)13-3-4-13/h5-11,13H,3-4H2,1-2H3,(H,22,29)(H,24,28)(H2,23,25,26,27). The molecule has 0 atom stereocenters. The van der Waals surface area contributed by atoms with Crippen molar-refractivity contribution in [1.82, 2.24) is 15.3 Å². The molecule has 1 saturated carbocycles. The normalized spacial score (nSPS) is 12.9. The summed E-state index contributed by atoms with van der Waals surface area (Å²) in [7, 11) is 1.60. The van der Waals surface area contributed by atoms with E-state index in [-0.39, 0.29) is 17.7 Å². The highest BCUT2D eigenvalue weighted by Gasteiger charge is 2.29. The Labute approximate surface area is 178 Å². The van der Waals surface area contributed by atoms with Gasteiger partial charge in [-0.1, -0.05) is 0 Å². The molecular formula is C21H22N6O2S. The number of nitrogens with zero attached hydrogens (tertiary/aromatic N) is 2. The lowest BCUT2D eigenvalue weighted by molar-refractivity contribution is -0.117. The van der Waals surface area contributed by atoms with Gasteiger partial charge < -0.3 is 21.3 Å². The maximum atomic E-state index is 12.0. The van der Waals surface area contributed by atoms with Crippen molar-refractivity contribution in [1.29, 1.82) is 0 Å². The molecule has 0 spiro atoms. The van der Waals surface area contributed by atoms with E-state index in [1.165, 1.54) is 11.3 Å². The van der Waals surface area contributed by atoms with Gasteiger partial charge in [0.25, 0.3) is 5.91 Å². The highest BCUT2D eigenvalue weighted by molar-refractivity contribution is 7.12. The van der Waals surface area contributed by atoms with Crippen LogP contribution in [0.25, 0.3) is 0 Å². The van der Waals surface area contributed by atoms with Gasteiger partial charge in [0.15, 0.2) is 0 Å². The number of nitrogens with one attached hydrogen (secondary N) is 4. The van der Waals surface area contributed by atoms with Gasteiger partial charge in [0.05, 0.1) is 5.69 Å². The number of aryl methyl sites for hydroxylation is 1. The zero-order valence-corrected chi connectivity index (χ0v) is 17.5. The molecule has 9 heteroatoms. The van der Waals surface area contributed by atoms with Crippen LogP contribution in [0.1, 0.15) is 28.1 Å². The predicted octanol–water partition coefficient (Wildman–Crippen LogP) is 4.04. The molecule has 2 heterocycles. The SMILES string of the molecule is CNC(=O)c1sccc1Nc1nc(Nc2ccc(NC(=O)C3CC3)cc2)ncc1C. The van der Waals surface area contributed by atoms with E-state index in [0.29, 0.717) is 22.3 Å². The van der Waals surface area contributed by atoms with Crippen molar-refractivity contribution in [2.75, 3.05) is 23.0 Å². The second-order valence-corrected chi connectivity index (χ2v) is 7.97. The minimum Gasteiger partial charge on any atom is -0.354 e. The molecule has 1 aliphatic rings. The van der Waals surface area contributed by atoms with Gasteiger partial charge in [0, 0.05) is 36.1 Å². The summed E-state index contributed by atoms with van der Waals surface area (Å²) in [5.74, 6) is 1.14. The molecule has 1 aliphatic carbocycles. The first-order valence-corrected chi connectivity index (χ1v) is 10.5. The summed E-state index contributed by atoms with van der Waals surface area (Å²) in [4.78, 5) is 33.3. The zero-order valence-electron chi connectivity index (χ0n) is 16.7. The van der Waals surface area contributed by atoms with Crippen molar-refractivity contribution in [3.63, 3.8) is 0 Å². The van der Waals surface area contributed by atoms with E-state index in [0.717, 1.165) is 29.8 Å². The summed E-state index contributed by atoms with van der Waals surface area (Å²) in [5.41, 5.74) is 3.12. The number of aromatic nitrogens is 2. The Morgan fingerprint density at radius 3 is 2.50 bits per heavy atom. The van der Waals surface area contributed by atoms with E-state index in [1.807, 2.05) is 42.6 Å². The van der Waals surface area contributed by atoms with Gasteiger partial charge in [0.1, 0.15) is 10.7 Å². The number of anilines is 5. The highest BCUT2D eigenvalue weighted by Crippen LogP contribution is 2.30. The van der Waals surface area contributed by atoms with Crippen LogP contribution in [0.15, 0.2) is 41.9 Å². The fraction of sp³-hybridized carbons (Fsp3) is 0.238. The molecule has 2 amide bonds. The zero-order chi connectivity index (χ0) is 21.1. The van der Waals surface area contributed by atoms with Crippen molar-refractivity contribution in [3.05, 3.63) is 52.3 Å². The first-order valence-electron chi connectivity index (χ1n) is 9.61. The Hall–Kier alpha value is -3.46. The van der Waals surface area contributed by atoms with Gasteiger partial charge in [0.2, 0.25) is 11.9 Å². The average Bonchev–Trinajstić information content (AvgIpc) is 3.51. The second-order valence-electron chi connectivity index (χ2n) is 7.06. The van der Waals surface area contributed by atoms with Crippen LogP contribution in [-0.2, 0) is 4.79 Å². The third kappa shape index (κ3) is 4.57. The van der Waals surface area contributed by atoms with Crippen molar-refractivity contribution < 1.29 is 9.59 Å². The maximum Gasteiger partial charge on any atom is 0.263 e. The van der Waals surface area contributed by atoms with Crippen LogP contribution in [0.5, 0.6) is 0 Å². The summed E-state index contributed by atoms with van der Waals surface area (Å²) in [5, 5.41) is 13.8. The fourth-order valence-electron chi connectivity index (χ4n) is 2.81. The lowest BCUT2D eigenvalue weighted by Gasteiger charge is -2.12.